The van der Waals surface area contributed by atoms with Gasteiger partial charge in [0, 0.05) is 11.9 Å². The molecule has 82 valence electrons. The number of hydrogen-bond donors (Lipinski definition) is 0. The quantitative estimate of drug-likeness (QED) is 0.775. The zero-order chi connectivity index (χ0) is 11.7. The Morgan fingerprint density at radius 3 is 2.69 bits per heavy atom. The summed E-state index contributed by atoms with van der Waals surface area (Å²) >= 11 is 6.22. The Labute approximate surface area is 100 Å². The minimum Gasteiger partial charge on any atom is -0.331 e. The molecule has 0 aliphatic carbocycles. The van der Waals surface area contributed by atoms with E-state index >= 15 is 0 Å². The lowest BCUT2D eigenvalue weighted by molar-refractivity contribution is 0.793. The Hall–Kier alpha value is -1.46. The van der Waals surface area contributed by atoms with E-state index in [-0.39, 0.29) is 0 Å². The molecule has 1 heterocycles. The van der Waals surface area contributed by atoms with Gasteiger partial charge in [-0.15, -0.1) is 0 Å². The van der Waals surface area contributed by atoms with Gasteiger partial charge in [0.15, 0.2) is 0 Å². The van der Waals surface area contributed by atoms with Crippen molar-refractivity contribution in [1.29, 1.82) is 5.26 Å². The number of benzene rings is 1. The van der Waals surface area contributed by atoms with Gasteiger partial charge in [0.2, 0.25) is 0 Å². The fourth-order valence-corrected chi connectivity index (χ4v) is 2.49. The van der Waals surface area contributed by atoms with Gasteiger partial charge in [0.25, 0.3) is 0 Å². The maximum Gasteiger partial charge on any atom is 0.128 e. The first-order chi connectivity index (χ1) is 7.74. The van der Waals surface area contributed by atoms with Crippen LogP contribution < -0.4 is 0 Å². The second-order valence-corrected chi connectivity index (χ2v) is 4.05. The second-order valence-electron chi connectivity index (χ2n) is 3.69. The van der Waals surface area contributed by atoms with E-state index in [1.54, 1.807) is 0 Å². The van der Waals surface area contributed by atoms with E-state index in [0.29, 0.717) is 10.7 Å². The van der Waals surface area contributed by atoms with E-state index in [1.165, 1.54) is 5.56 Å². The molecule has 0 bridgehead atoms. The molecular weight excluding hydrogens is 220 g/mol. The fourth-order valence-electron chi connectivity index (χ4n) is 2.14. The fraction of sp³-hybridized carbons (Fsp3) is 0.308. The SMILES string of the molecule is CCc1cccc2c(C#N)c(Cl)n(CC)c12. The van der Waals surface area contributed by atoms with Crippen LogP contribution >= 0.6 is 11.6 Å². The summed E-state index contributed by atoms with van der Waals surface area (Å²) in [7, 11) is 0. The lowest BCUT2D eigenvalue weighted by Crippen LogP contribution is -1.96. The summed E-state index contributed by atoms with van der Waals surface area (Å²) < 4.78 is 2.01. The first-order valence-electron chi connectivity index (χ1n) is 5.44. The smallest absolute Gasteiger partial charge is 0.128 e. The number of para-hydroxylation sites is 1. The summed E-state index contributed by atoms with van der Waals surface area (Å²) in [6.07, 6.45) is 0.947. The number of rotatable bonds is 2. The average Bonchev–Trinajstić information content (AvgIpc) is 2.59. The van der Waals surface area contributed by atoms with Crippen molar-refractivity contribution in [2.75, 3.05) is 0 Å². The monoisotopic (exact) mass is 232 g/mol. The summed E-state index contributed by atoms with van der Waals surface area (Å²) in [6.45, 7) is 4.94. The highest BCUT2D eigenvalue weighted by molar-refractivity contribution is 6.32. The molecule has 2 rings (SSSR count). The van der Waals surface area contributed by atoms with Gasteiger partial charge in [-0.3, -0.25) is 0 Å². The Kier molecular flexibility index (Phi) is 2.89. The van der Waals surface area contributed by atoms with E-state index in [2.05, 4.69) is 19.1 Å². The molecule has 0 aliphatic rings. The Balaban J connectivity index is 2.96. The average molecular weight is 233 g/mol. The highest BCUT2D eigenvalue weighted by atomic mass is 35.5. The van der Waals surface area contributed by atoms with Crippen molar-refractivity contribution in [2.24, 2.45) is 0 Å². The van der Waals surface area contributed by atoms with E-state index in [0.717, 1.165) is 23.9 Å². The number of hydrogen-bond acceptors (Lipinski definition) is 1. The normalized spacial score (nSPS) is 10.6. The van der Waals surface area contributed by atoms with Crippen molar-refractivity contribution in [3.8, 4) is 6.07 Å². The minimum absolute atomic E-state index is 0.556. The predicted octanol–water partition coefficient (Wildman–Crippen LogP) is 3.75. The van der Waals surface area contributed by atoms with Crippen LogP contribution in [0.2, 0.25) is 5.15 Å². The van der Waals surface area contributed by atoms with Gasteiger partial charge in [-0.1, -0.05) is 36.7 Å². The molecule has 2 aromatic rings. The highest BCUT2D eigenvalue weighted by Gasteiger charge is 2.16. The number of halogens is 1. The Bertz CT molecular complexity index is 576. The van der Waals surface area contributed by atoms with E-state index < -0.39 is 0 Å². The van der Waals surface area contributed by atoms with Crippen LogP contribution in [0.1, 0.15) is 25.0 Å². The summed E-state index contributed by atoms with van der Waals surface area (Å²) in [5, 5.41) is 10.7. The van der Waals surface area contributed by atoms with Gasteiger partial charge < -0.3 is 4.57 Å². The third kappa shape index (κ3) is 1.40. The summed E-state index contributed by atoms with van der Waals surface area (Å²) in [5.41, 5.74) is 2.94. The third-order valence-electron chi connectivity index (χ3n) is 2.91. The molecular formula is C13H13ClN2. The van der Waals surface area contributed by atoms with E-state index in [4.69, 9.17) is 16.9 Å². The van der Waals surface area contributed by atoms with Gasteiger partial charge in [0.05, 0.1) is 11.1 Å². The van der Waals surface area contributed by atoms with Crippen molar-refractivity contribution in [3.63, 3.8) is 0 Å². The molecule has 0 radical (unpaired) electrons. The van der Waals surface area contributed by atoms with E-state index in [9.17, 15) is 0 Å². The lowest BCUT2D eigenvalue weighted by atomic mass is 10.1. The van der Waals surface area contributed by atoms with Crippen LogP contribution in [0, 0.1) is 11.3 Å². The molecule has 1 aromatic carbocycles. The van der Waals surface area contributed by atoms with Gasteiger partial charge in [-0.05, 0) is 18.9 Å². The Morgan fingerprint density at radius 1 is 1.38 bits per heavy atom. The van der Waals surface area contributed by atoms with Crippen LogP contribution in [0.4, 0.5) is 0 Å². The molecule has 0 atom stereocenters. The number of aryl methyl sites for hydroxylation is 2. The van der Waals surface area contributed by atoms with E-state index in [1.807, 2.05) is 23.6 Å². The molecule has 0 saturated carbocycles. The maximum absolute atomic E-state index is 9.14. The molecule has 0 amide bonds. The molecule has 3 heteroatoms. The summed E-state index contributed by atoms with van der Waals surface area (Å²) in [4.78, 5) is 0. The first kappa shape index (κ1) is 11.0. The second kappa shape index (κ2) is 4.19. The topological polar surface area (TPSA) is 28.7 Å². The molecule has 0 aliphatic heterocycles. The largest absolute Gasteiger partial charge is 0.331 e. The number of nitriles is 1. The predicted molar refractivity (Wildman–Crippen MR) is 66.7 cm³/mol. The zero-order valence-corrected chi connectivity index (χ0v) is 10.2. The van der Waals surface area contributed by atoms with Crippen LogP contribution in [0.5, 0.6) is 0 Å². The molecule has 1 aromatic heterocycles. The molecule has 0 unspecified atom stereocenters. The molecule has 0 spiro atoms. The lowest BCUT2D eigenvalue weighted by Gasteiger charge is -2.06. The van der Waals surface area contributed by atoms with Crippen LogP contribution in [0.25, 0.3) is 10.9 Å². The standard InChI is InChI=1S/C13H13ClN2/c1-3-9-6-5-7-10-11(8-15)13(14)16(4-2)12(9)10/h5-7H,3-4H2,1-2H3. The molecule has 0 fully saturated rings. The zero-order valence-electron chi connectivity index (χ0n) is 9.42. The summed E-state index contributed by atoms with van der Waals surface area (Å²) in [6, 6.07) is 8.23. The minimum atomic E-state index is 0.556. The van der Waals surface area contributed by atoms with Crippen molar-refractivity contribution < 1.29 is 0 Å². The number of nitrogens with zero attached hydrogens (tertiary/aromatic N) is 2. The van der Waals surface area contributed by atoms with Crippen LogP contribution in [0.15, 0.2) is 18.2 Å². The molecule has 16 heavy (non-hydrogen) atoms. The van der Waals surface area contributed by atoms with Gasteiger partial charge in [0.1, 0.15) is 11.2 Å². The maximum atomic E-state index is 9.14. The van der Waals surface area contributed by atoms with Crippen molar-refractivity contribution in [2.45, 2.75) is 26.8 Å². The van der Waals surface area contributed by atoms with Crippen molar-refractivity contribution in [3.05, 3.63) is 34.5 Å². The van der Waals surface area contributed by atoms with Gasteiger partial charge in [-0.25, -0.2) is 0 Å². The molecule has 2 nitrogen and oxygen atoms in total. The highest BCUT2D eigenvalue weighted by Crippen LogP contribution is 2.31. The van der Waals surface area contributed by atoms with Crippen LogP contribution in [0.3, 0.4) is 0 Å². The van der Waals surface area contributed by atoms with Gasteiger partial charge in [-0.2, -0.15) is 5.26 Å². The third-order valence-corrected chi connectivity index (χ3v) is 3.30. The number of aromatic nitrogens is 1. The van der Waals surface area contributed by atoms with Crippen LogP contribution in [-0.2, 0) is 13.0 Å². The van der Waals surface area contributed by atoms with Crippen LogP contribution in [-0.4, -0.2) is 4.57 Å². The molecule has 0 saturated heterocycles. The van der Waals surface area contributed by atoms with Crippen molar-refractivity contribution in [1.82, 2.24) is 4.57 Å². The number of fused-ring (bicyclic) bond motifs is 1. The molecule has 0 N–H and O–H groups in total. The van der Waals surface area contributed by atoms with Gasteiger partial charge >= 0.3 is 0 Å². The Morgan fingerprint density at radius 2 is 2.12 bits per heavy atom. The van der Waals surface area contributed by atoms with Crippen molar-refractivity contribution >= 4 is 22.5 Å². The first-order valence-corrected chi connectivity index (χ1v) is 5.82. The summed E-state index contributed by atoms with van der Waals surface area (Å²) in [5.74, 6) is 0.